The van der Waals surface area contributed by atoms with Gasteiger partial charge in [-0.2, -0.15) is 10.2 Å². The van der Waals surface area contributed by atoms with Crippen molar-refractivity contribution in [3.63, 3.8) is 0 Å². The first kappa shape index (κ1) is 83.0. The highest BCUT2D eigenvalue weighted by Crippen LogP contribution is 2.30. The third kappa shape index (κ3) is 36.2. The van der Waals surface area contributed by atoms with Crippen molar-refractivity contribution >= 4 is 35.3 Å². The standard InChI is InChI=1S/C88H122N2O12/c1-5-9-13-17-21-25-29-33-37-41-61-95-77-45-53-81(54-46-77)99-85(91)71-65-72(86(92)100-82-55-47-78(48-56-82)96-62-42-38-34-30-26-22-18-14-10-6-2)68-75(67-71)89-90-76-69-73(87(93)101-83-57-49-79(50-58-83)97-63-43-39-35-31-27-23-19-15-11-7-3)66-74(70-76)88(94)102-84-59-51-80(52-60-84)98-64-44-40-36-32-28-24-20-16-12-8-4/h45-60,65-70H,5-44,61-64H2,1-4H3. The monoisotopic (exact) mass is 1400 g/mol. The van der Waals surface area contributed by atoms with E-state index in [-0.39, 0.29) is 56.6 Å². The Kier molecular flexibility index (Phi) is 43.0. The van der Waals surface area contributed by atoms with Gasteiger partial charge in [-0.05, 0) is 159 Å². The van der Waals surface area contributed by atoms with Crippen molar-refractivity contribution in [1.29, 1.82) is 0 Å². The lowest BCUT2D eigenvalue weighted by Gasteiger charge is -2.11. The molecule has 0 bridgehead atoms. The summed E-state index contributed by atoms with van der Waals surface area (Å²) in [6.45, 7) is 11.3. The van der Waals surface area contributed by atoms with Gasteiger partial charge in [0.15, 0.2) is 0 Å². The molecule has 0 saturated heterocycles. The van der Waals surface area contributed by atoms with Crippen LogP contribution in [0.4, 0.5) is 11.4 Å². The molecule has 102 heavy (non-hydrogen) atoms. The number of carbonyl (C=O) groups excluding carboxylic acids is 4. The molecular formula is C88H122N2O12. The van der Waals surface area contributed by atoms with Gasteiger partial charge in [-0.15, -0.1) is 0 Å². The van der Waals surface area contributed by atoms with Crippen molar-refractivity contribution < 1.29 is 57.1 Å². The number of hydrogen-bond donors (Lipinski definition) is 0. The topological polar surface area (TPSA) is 167 Å². The molecule has 0 aromatic heterocycles. The van der Waals surface area contributed by atoms with Crippen LogP contribution >= 0.6 is 0 Å². The highest BCUT2D eigenvalue weighted by Gasteiger charge is 2.20. The summed E-state index contributed by atoms with van der Waals surface area (Å²) in [5, 5.41) is 8.99. The maximum absolute atomic E-state index is 14.1. The van der Waals surface area contributed by atoms with Crippen LogP contribution in [0.25, 0.3) is 0 Å². The van der Waals surface area contributed by atoms with Crippen molar-refractivity contribution in [2.45, 2.75) is 285 Å². The lowest BCUT2D eigenvalue weighted by molar-refractivity contribution is 0.0715. The van der Waals surface area contributed by atoms with Gasteiger partial charge in [0.2, 0.25) is 0 Å². The molecule has 0 spiro atoms. The summed E-state index contributed by atoms with van der Waals surface area (Å²) in [6, 6.07) is 35.7. The van der Waals surface area contributed by atoms with Crippen molar-refractivity contribution in [2.75, 3.05) is 26.4 Å². The van der Waals surface area contributed by atoms with Gasteiger partial charge in [0.1, 0.15) is 46.0 Å². The van der Waals surface area contributed by atoms with Crippen molar-refractivity contribution in [3.05, 3.63) is 156 Å². The molecule has 0 heterocycles. The van der Waals surface area contributed by atoms with E-state index in [1.165, 1.54) is 242 Å². The molecular weight excluding hydrogens is 1280 g/mol. The molecule has 0 aliphatic heterocycles. The predicted molar refractivity (Wildman–Crippen MR) is 412 cm³/mol. The van der Waals surface area contributed by atoms with E-state index in [0.29, 0.717) is 49.4 Å². The third-order valence-electron chi connectivity index (χ3n) is 18.3. The zero-order valence-electron chi connectivity index (χ0n) is 62.6. The zero-order valence-corrected chi connectivity index (χ0v) is 62.6. The Morgan fingerprint density at radius 1 is 0.216 bits per heavy atom. The Bertz CT molecular complexity index is 2840. The number of ether oxygens (including phenoxy) is 8. The van der Waals surface area contributed by atoms with Crippen LogP contribution in [-0.4, -0.2) is 50.3 Å². The van der Waals surface area contributed by atoms with Crippen LogP contribution in [0.5, 0.6) is 46.0 Å². The largest absolute Gasteiger partial charge is 0.494 e. The van der Waals surface area contributed by atoms with E-state index in [0.717, 1.165) is 51.4 Å². The first-order valence-electron chi connectivity index (χ1n) is 39.6. The second kappa shape index (κ2) is 52.9. The Labute approximate surface area is 612 Å². The van der Waals surface area contributed by atoms with E-state index in [2.05, 4.69) is 37.9 Å². The van der Waals surface area contributed by atoms with Gasteiger partial charge in [-0.25, -0.2) is 19.2 Å². The molecule has 0 unspecified atom stereocenters. The Balaban J connectivity index is 1.16. The molecule has 0 fully saturated rings. The van der Waals surface area contributed by atoms with Gasteiger partial charge in [0.05, 0.1) is 60.1 Å². The van der Waals surface area contributed by atoms with Crippen LogP contribution < -0.4 is 37.9 Å². The lowest BCUT2D eigenvalue weighted by atomic mass is 10.1. The predicted octanol–water partition coefficient (Wildman–Crippen LogP) is 26.2. The number of benzene rings is 6. The van der Waals surface area contributed by atoms with Gasteiger partial charge in [0.25, 0.3) is 0 Å². The summed E-state index contributed by atoms with van der Waals surface area (Å²) in [5.74, 6) is 0.550. The van der Waals surface area contributed by atoms with Crippen molar-refractivity contribution in [1.82, 2.24) is 0 Å². The second-order valence-electron chi connectivity index (χ2n) is 27.3. The number of nitrogens with zero attached hydrogens (tertiary/aromatic N) is 2. The van der Waals surface area contributed by atoms with E-state index in [4.69, 9.17) is 37.9 Å². The van der Waals surface area contributed by atoms with Crippen LogP contribution in [0.15, 0.2) is 144 Å². The molecule has 0 radical (unpaired) electrons. The SMILES string of the molecule is CCCCCCCCCCCCOc1ccc(OC(=O)c2cc(N=Nc3cc(C(=O)Oc4ccc(OCCCCCCCCCCCC)cc4)cc(C(=O)Oc4ccc(OCCCCCCCCCCCC)cc4)c3)cc(C(=O)Oc3ccc(OCCCCCCCCCCCC)cc3)c2)cc1. The highest BCUT2D eigenvalue weighted by atomic mass is 16.6. The molecule has 14 heteroatoms. The summed E-state index contributed by atoms with van der Waals surface area (Å²) >= 11 is 0. The zero-order chi connectivity index (χ0) is 72.1. The number of azo groups is 1. The summed E-state index contributed by atoms with van der Waals surface area (Å²) < 4.78 is 47.6. The van der Waals surface area contributed by atoms with E-state index < -0.39 is 23.9 Å². The highest BCUT2D eigenvalue weighted by molar-refractivity contribution is 5.99. The number of rotatable bonds is 58. The molecule has 556 valence electrons. The fraction of sp³-hybridized carbons (Fsp3) is 0.545. The molecule has 0 N–H and O–H groups in total. The van der Waals surface area contributed by atoms with E-state index in [9.17, 15) is 19.2 Å². The minimum Gasteiger partial charge on any atom is -0.494 e. The van der Waals surface area contributed by atoms with E-state index >= 15 is 0 Å². The minimum atomic E-state index is -0.777. The number of carbonyl (C=O) groups is 4. The second-order valence-corrected chi connectivity index (χ2v) is 27.3. The summed E-state index contributed by atoms with van der Waals surface area (Å²) in [4.78, 5) is 56.5. The molecule has 0 saturated carbocycles. The van der Waals surface area contributed by atoms with Gasteiger partial charge >= 0.3 is 23.9 Å². The van der Waals surface area contributed by atoms with Crippen LogP contribution in [0.1, 0.15) is 326 Å². The third-order valence-corrected chi connectivity index (χ3v) is 18.3. The molecule has 0 atom stereocenters. The summed E-state index contributed by atoms with van der Waals surface area (Å²) in [7, 11) is 0. The van der Waals surface area contributed by atoms with Crippen LogP contribution in [-0.2, 0) is 0 Å². The molecule has 6 aromatic rings. The Hall–Kier alpha value is -8.00. The molecule has 14 nitrogen and oxygen atoms in total. The fourth-order valence-corrected chi connectivity index (χ4v) is 12.1. The number of hydrogen-bond acceptors (Lipinski definition) is 14. The van der Waals surface area contributed by atoms with Crippen LogP contribution in [0, 0.1) is 0 Å². The normalized spacial score (nSPS) is 11.2. The lowest BCUT2D eigenvalue weighted by Crippen LogP contribution is -2.13. The maximum Gasteiger partial charge on any atom is 0.343 e. The maximum atomic E-state index is 14.1. The first-order valence-corrected chi connectivity index (χ1v) is 39.6. The molecule has 6 aromatic carbocycles. The first-order chi connectivity index (χ1) is 50.1. The van der Waals surface area contributed by atoms with Crippen LogP contribution in [0.2, 0.25) is 0 Å². The molecule has 0 amide bonds. The fourth-order valence-electron chi connectivity index (χ4n) is 12.1. The van der Waals surface area contributed by atoms with Crippen molar-refractivity contribution in [2.24, 2.45) is 10.2 Å². The number of esters is 4. The summed E-state index contributed by atoms with van der Waals surface area (Å²) in [6.07, 6.45) is 49.3. The van der Waals surface area contributed by atoms with E-state index in [1.54, 1.807) is 97.1 Å². The average Bonchev–Trinajstić information content (AvgIpc) is 0.824. The molecule has 0 aliphatic rings. The smallest absolute Gasteiger partial charge is 0.343 e. The van der Waals surface area contributed by atoms with Crippen LogP contribution in [0.3, 0.4) is 0 Å². The average molecular weight is 1400 g/mol. The minimum absolute atomic E-state index is 0.0255. The van der Waals surface area contributed by atoms with Crippen molar-refractivity contribution in [3.8, 4) is 46.0 Å². The summed E-state index contributed by atoms with van der Waals surface area (Å²) in [5.41, 5.74) is 0.0200. The quantitative estimate of drug-likeness (QED) is 0.0154. The van der Waals surface area contributed by atoms with Gasteiger partial charge < -0.3 is 37.9 Å². The van der Waals surface area contributed by atoms with Gasteiger partial charge in [-0.3, -0.25) is 0 Å². The van der Waals surface area contributed by atoms with E-state index in [1.807, 2.05) is 0 Å². The molecule has 6 rings (SSSR count). The Morgan fingerprint density at radius 2 is 0.373 bits per heavy atom. The molecule has 0 aliphatic carbocycles. The van der Waals surface area contributed by atoms with Gasteiger partial charge in [0, 0.05) is 0 Å². The Morgan fingerprint density at radius 3 is 0.549 bits per heavy atom. The number of unbranched alkanes of at least 4 members (excludes halogenated alkanes) is 36. The van der Waals surface area contributed by atoms with Gasteiger partial charge in [-0.1, -0.05) is 259 Å².